The van der Waals surface area contributed by atoms with Crippen LogP contribution in [0.1, 0.15) is 19.4 Å². The van der Waals surface area contributed by atoms with Gasteiger partial charge in [-0.3, -0.25) is 4.79 Å². The van der Waals surface area contributed by atoms with Crippen LogP contribution in [0.3, 0.4) is 0 Å². The largest absolute Gasteiger partial charge is 0.461 e. The topological polar surface area (TPSA) is 35.5 Å². The van der Waals surface area contributed by atoms with Crippen molar-refractivity contribution in [3.8, 4) is 11.5 Å². The Labute approximate surface area is 182 Å². The Balaban J connectivity index is 1.60. The van der Waals surface area contributed by atoms with Crippen LogP contribution in [0.2, 0.25) is 5.02 Å². The SMILES string of the molecule is CC1(C)C(C=C(Cl)C(F)(F)F)C1C(=O)OCc1cccc(Oc2ccc(Cl)cc2)c1. The quantitative estimate of drug-likeness (QED) is 0.431. The summed E-state index contributed by atoms with van der Waals surface area (Å²) in [6.45, 7) is 3.40. The number of allylic oxidation sites excluding steroid dienone is 2. The van der Waals surface area contributed by atoms with Crippen molar-refractivity contribution >= 4 is 29.2 Å². The molecule has 1 aliphatic rings. The molecule has 1 aliphatic carbocycles. The molecule has 2 aromatic carbocycles. The Kier molecular flexibility index (Phi) is 6.39. The molecule has 3 rings (SSSR count). The Morgan fingerprint density at radius 3 is 2.43 bits per heavy atom. The minimum Gasteiger partial charge on any atom is -0.461 e. The third-order valence-electron chi connectivity index (χ3n) is 5.09. The molecule has 3 nitrogen and oxygen atoms in total. The Morgan fingerprint density at radius 2 is 1.80 bits per heavy atom. The van der Waals surface area contributed by atoms with Gasteiger partial charge in [0.05, 0.1) is 5.92 Å². The van der Waals surface area contributed by atoms with Crippen molar-refractivity contribution in [3.05, 3.63) is 70.2 Å². The lowest BCUT2D eigenvalue weighted by molar-refractivity contribution is -0.147. The van der Waals surface area contributed by atoms with E-state index in [1.54, 1.807) is 62.4 Å². The maximum Gasteiger partial charge on any atom is 0.426 e. The average molecular weight is 459 g/mol. The summed E-state index contributed by atoms with van der Waals surface area (Å²) in [6.07, 6.45) is -3.73. The number of benzene rings is 2. The first kappa shape index (κ1) is 22.5. The van der Waals surface area contributed by atoms with E-state index in [1.165, 1.54) is 0 Å². The molecule has 2 unspecified atom stereocenters. The molecule has 0 radical (unpaired) electrons. The van der Waals surface area contributed by atoms with E-state index in [-0.39, 0.29) is 6.61 Å². The molecule has 0 bridgehead atoms. The lowest BCUT2D eigenvalue weighted by Crippen LogP contribution is -2.11. The van der Waals surface area contributed by atoms with Crippen LogP contribution in [-0.2, 0) is 16.1 Å². The third-order valence-corrected chi connectivity index (χ3v) is 5.68. The van der Waals surface area contributed by atoms with E-state index >= 15 is 0 Å². The second-order valence-corrected chi connectivity index (χ2v) is 8.49. The van der Waals surface area contributed by atoms with E-state index in [9.17, 15) is 18.0 Å². The van der Waals surface area contributed by atoms with Gasteiger partial charge < -0.3 is 9.47 Å². The van der Waals surface area contributed by atoms with Crippen molar-refractivity contribution in [2.75, 3.05) is 0 Å². The summed E-state index contributed by atoms with van der Waals surface area (Å²) in [6, 6.07) is 13.9. The molecule has 2 atom stereocenters. The van der Waals surface area contributed by atoms with Gasteiger partial charge in [0.25, 0.3) is 0 Å². The summed E-state index contributed by atoms with van der Waals surface area (Å²) in [4.78, 5) is 12.4. The van der Waals surface area contributed by atoms with Crippen LogP contribution >= 0.6 is 23.2 Å². The van der Waals surface area contributed by atoms with Gasteiger partial charge in [-0.1, -0.05) is 55.3 Å². The van der Waals surface area contributed by atoms with Crippen LogP contribution in [0.5, 0.6) is 11.5 Å². The zero-order valence-corrected chi connectivity index (χ0v) is 17.7. The first-order valence-electron chi connectivity index (χ1n) is 9.12. The molecular weight excluding hydrogens is 440 g/mol. The summed E-state index contributed by atoms with van der Waals surface area (Å²) in [5.74, 6) is -0.711. The van der Waals surface area contributed by atoms with Crippen LogP contribution in [0.15, 0.2) is 59.6 Å². The second-order valence-electron chi connectivity index (χ2n) is 7.65. The molecular formula is C22H19Cl2F3O3. The summed E-state index contributed by atoms with van der Waals surface area (Å²) >= 11 is 11.2. The summed E-state index contributed by atoms with van der Waals surface area (Å²) in [5, 5.41) is -0.626. The van der Waals surface area contributed by atoms with Crippen molar-refractivity contribution in [2.45, 2.75) is 26.6 Å². The number of ether oxygens (including phenoxy) is 2. The van der Waals surface area contributed by atoms with Gasteiger partial charge >= 0.3 is 12.1 Å². The fourth-order valence-corrected chi connectivity index (χ4v) is 3.53. The summed E-state index contributed by atoms with van der Waals surface area (Å²) in [7, 11) is 0. The maximum absolute atomic E-state index is 12.7. The highest BCUT2D eigenvalue weighted by Crippen LogP contribution is 2.60. The number of esters is 1. The van der Waals surface area contributed by atoms with E-state index in [0.717, 1.165) is 6.08 Å². The van der Waals surface area contributed by atoms with Gasteiger partial charge in [-0.25, -0.2) is 0 Å². The zero-order chi connectivity index (χ0) is 22.1. The maximum atomic E-state index is 12.7. The fraction of sp³-hybridized carbons (Fsp3) is 0.318. The monoisotopic (exact) mass is 458 g/mol. The molecule has 2 aromatic rings. The van der Waals surface area contributed by atoms with Gasteiger partial charge in [0.15, 0.2) is 0 Å². The Bertz CT molecular complexity index is 953. The van der Waals surface area contributed by atoms with Crippen molar-refractivity contribution in [2.24, 2.45) is 17.3 Å². The van der Waals surface area contributed by atoms with Crippen molar-refractivity contribution in [1.29, 1.82) is 0 Å². The van der Waals surface area contributed by atoms with Crippen LogP contribution in [-0.4, -0.2) is 12.1 Å². The highest BCUT2D eigenvalue weighted by Gasteiger charge is 2.62. The van der Waals surface area contributed by atoms with E-state index in [4.69, 9.17) is 32.7 Å². The fourth-order valence-electron chi connectivity index (χ4n) is 3.27. The van der Waals surface area contributed by atoms with Crippen LogP contribution in [0.4, 0.5) is 13.2 Å². The van der Waals surface area contributed by atoms with Gasteiger partial charge in [0.2, 0.25) is 0 Å². The number of hydrogen-bond acceptors (Lipinski definition) is 3. The number of rotatable bonds is 6. The Morgan fingerprint density at radius 1 is 1.13 bits per heavy atom. The third kappa shape index (κ3) is 5.29. The number of halogens is 5. The van der Waals surface area contributed by atoms with Crippen LogP contribution < -0.4 is 4.74 Å². The van der Waals surface area contributed by atoms with Gasteiger partial charge in [-0.2, -0.15) is 13.2 Å². The van der Waals surface area contributed by atoms with E-state index in [2.05, 4.69) is 0 Å². The van der Waals surface area contributed by atoms with Crippen molar-refractivity contribution in [1.82, 2.24) is 0 Å². The molecule has 0 N–H and O–H groups in total. The predicted octanol–water partition coefficient (Wildman–Crippen LogP) is 7.13. The van der Waals surface area contributed by atoms with Crippen LogP contribution in [0.25, 0.3) is 0 Å². The Hall–Kier alpha value is -2.18. The highest BCUT2D eigenvalue weighted by molar-refractivity contribution is 6.30. The van der Waals surface area contributed by atoms with Gasteiger partial charge in [-0.15, -0.1) is 0 Å². The van der Waals surface area contributed by atoms with E-state index in [0.29, 0.717) is 22.1 Å². The van der Waals surface area contributed by atoms with E-state index < -0.39 is 34.4 Å². The molecule has 0 spiro atoms. The van der Waals surface area contributed by atoms with Gasteiger partial charge in [0, 0.05) is 5.02 Å². The van der Waals surface area contributed by atoms with Crippen molar-refractivity contribution < 1.29 is 27.4 Å². The molecule has 0 heterocycles. The lowest BCUT2D eigenvalue weighted by atomic mass is 10.1. The standard InChI is InChI=1S/C22H19Cl2F3O3/c1-21(2)17(11-18(24)22(25,26)27)19(21)20(28)29-12-13-4-3-5-16(10-13)30-15-8-6-14(23)7-9-15/h3-11,17,19H,12H2,1-2H3. The predicted molar refractivity (Wildman–Crippen MR) is 109 cm³/mol. The molecule has 0 amide bonds. The molecule has 0 aliphatic heterocycles. The smallest absolute Gasteiger partial charge is 0.426 e. The number of alkyl halides is 3. The molecule has 0 saturated heterocycles. The first-order valence-corrected chi connectivity index (χ1v) is 9.87. The first-order chi connectivity index (χ1) is 14.0. The minimum absolute atomic E-state index is 0.0212. The number of hydrogen-bond donors (Lipinski definition) is 0. The minimum atomic E-state index is -4.63. The molecule has 1 saturated carbocycles. The molecule has 0 aromatic heterocycles. The van der Waals surface area contributed by atoms with Gasteiger partial charge in [0.1, 0.15) is 23.1 Å². The molecule has 8 heteroatoms. The molecule has 160 valence electrons. The van der Waals surface area contributed by atoms with Crippen molar-refractivity contribution in [3.63, 3.8) is 0 Å². The summed E-state index contributed by atoms with van der Waals surface area (Å²) < 4.78 is 49.1. The van der Waals surface area contributed by atoms with Gasteiger partial charge in [-0.05, 0) is 53.3 Å². The van der Waals surface area contributed by atoms with E-state index in [1.807, 2.05) is 0 Å². The lowest BCUT2D eigenvalue weighted by Gasteiger charge is -2.09. The normalized spacial score (nSPS) is 20.6. The van der Waals surface area contributed by atoms with Crippen LogP contribution in [0, 0.1) is 17.3 Å². The number of carbonyl (C=O) groups is 1. The molecule has 30 heavy (non-hydrogen) atoms. The summed E-state index contributed by atoms with van der Waals surface area (Å²) in [5.41, 5.74) is 0.0378. The second kappa shape index (κ2) is 8.52. The highest BCUT2D eigenvalue weighted by atomic mass is 35.5. The average Bonchev–Trinajstić information content (AvgIpc) is 3.21. The number of carbonyl (C=O) groups excluding carboxylic acids is 1. The zero-order valence-electron chi connectivity index (χ0n) is 16.2. The molecule has 1 fully saturated rings.